The van der Waals surface area contributed by atoms with Crippen LogP contribution in [0.3, 0.4) is 0 Å². The van der Waals surface area contributed by atoms with E-state index in [2.05, 4.69) is 28.1 Å². The van der Waals surface area contributed by atoms with Crippen LogP contribution in [0.5, 0.6) is 0 Å². The van der Waals surface area contributed by atoms with Gasteiger partial charge in [0.1, 0.15) is 5.42 Å². The minimum atomic E-state index is 0.365. The van der Waals surface area contributed by atoms with Crippen molar-refractivity contribution in [2.45, 2.75) is 11.2 Å². The summed E-state index contributed by atoms with van der Waals surface area (Å²) in [7, 11) is 0. The summed E-state index contributed by atoms with van der Waals surface area (Å²) in [6, 6.07) is 5.85. The Hall–Kier alpha value is -0.730. The van der Waals surface area contributed by atoms with E-state index in [1.54, 1.807) is 0 Å². The Morgan fingerprint density at radius 1 is 1.40 bits per heavy atom. The summed E-state index contributed by atoms with van der Waals surface area (Å²) >= 11 is 9.63. The molecule has 3 heteroatoms. The maximum atomic E-state index is 6.08. The van der Waals surface area contributed by atoms with Gasteiger partial charge in [-0.2, -0.15) is 0 Å². The van der Waals surface area contributed by atoms with E-state index in [9.17, 15) is 0 Å². The number of benzene rings is 1. The van der Waals surface area contributed by atoms with Crippen molar-refractivity contribution >= 4 is 50.7 Å². The SMILES string of the molecule is Clc1cccc2c3c(oc12)=CC(Br)CC=3. The second-order valence-electron chi connectivity index (χ2n) is 3.62. The second kappa shape index (κ2) is 3.39. The van der Waals surface area contributed by atoms with E-state index in [0.717, 1.165) is 22.8 Å². The number of fused-ring (bicyclic) bond motifs is 3. The highest BCUT2D eigenvalue weighted by Gasteiger charge is 2.11. The molecule has 0 spiro atoms. The lowest BCUT2D eigenvalue weighted by atomic mass is 10.1. The van der Waals surface area contributed by atoms with Gasteiger partial charge in [-0.15, -0.1) is 0 Å². The Balaban J connectivity index is 2.53. The van der Waals surface area contributed by atoms with Gasteiger partial charge in [0.15, 0.2) is 5.58 Å². The Morgan fingerprint density at radius 2 is 2.27 bits per heavy atom. The average Bonchev–Trinajstić information content (AvgIpc) is 2.57. The third kappa shape index (κ3) is 1.44. The molecule has 1 nitrogen and oxygen atoms in total. The molecular weight excluding hydrogens is 275 g/mol. The van der Waals surface area contributed by atoms with Crippen molar-refractivity contribution in [2.75, 3.05) is 0 Å². The van der Waals surface area contributed by atoms with Crippen molar-refractivity contribution in [1.82, 2.24) is 0 Å². The normalized spacial score (nSPS) is 19.5. The number of hydrogen-bond acceptors (Lipinski definition) is 1. The fraction of sp³-hybridized carbons (Fsp3) is 0.167. The topological polar surface area (TPSA) is 13.1 Å². The molecule has 1 aromatic heterocycles. The van der Waals surface area contributed by atoms with Crippen molar-refractivity contribution in [3.63, 3.8) is 0 Å². The smallest absolute Gasteiger partial charge is 0.153 e. The lowest BCUT2D eigenvalue weighted by Gasteiger charge is -2.00. The van der Waals surface area contributed by atoms with Crippen LogP contribution in [0.25, 0.3) is 23.1 Å². The average molecular weight is 284 g/mol. The van der Waals surface area contributed by atoms with E-state index in [4.69, 9.17) is 16.0 Å². The predicted octanol–water partition coefficient (Wildman–Crippen LogP) is 2.81. The molecule has 0 saturated carbocycles. The third-order valence-corrected chi connectivity index (χ3v) is 3.55. The van der Waals surface area contributed by atoms with Gasteiger partial charge < -0.3 is 4.42 Å². The largest absolute Gasteiger partial charge is 0.455 e. The number of alkyl halides is 1. The van der Waals surface area contributed by atoms with Crippen LogP contribution in [0.2, 0.25) is 5.02 Å². The van der Waals surface area contributed by atoms with Crippen molar-refractivity contribution in [2.24, 2.45) is 0 Å². The first-order valence-electron chi connectivity index (χ1n) is 4.79. The standard InChI is InChI=1S/C12H8BrClO/c13-7-4-5-8-9-2-1-3-10(14)12(9)15-11(8)6-7/h1-3,5-7H,4H2. The fourth-order valence-electron chi connectivity index (χ4n) is 1.92. The molecule has 0 saturated heterocycles. The third-order valence-electron chi connectivity index (χ3n) is 2.61. The van der Waals surface area contributed by atoms with Gasteiger partial charge in [-0.1, -0.05) is 45.7 Å². The Bertz CT molecular complexity index is 641. The molecule has 0 aliphatic heterocycles. The molecule has 1 aliphatic rings. The summed E-state index contributed by atoms with van der Waals surface area (Å²) in [5, 5.41) is 2.95. The summed E-state index contributed by atoms with van der Waals surface area (Å²) in [6.45, 7) is 0. The lowest BCUT2D eigenvalue weighted by molar-refractivity contribution is 0.572. The molecule has 15 heavy (non-hydrogen) atoms. The van der Waals surface area contributed by atoms with Crippen molar-refractivity contribution in [3.8, 4) is 0 Å². The molecule has 1 heterocycles. The monoisotopic (exact) mass is 282 g/mol. The van der Waals surface area contributed by atoms with E-state index in [-0.39, 0.29) is 0 Å². The summed E-state index contributed by atoms with van der Waals surface area (Å²) in [6.07, 6.45) is 5.27. The Morgan fingerprint density at radius 3 is 3.13 bits per heavy atom. The van der Waals surface area contributed by atoms with E-state index in [1.165, 1.54) is 5.22 Å². The second-order valence-corrected chi connectivity index (χ2v) is 5.20. The first-order chi connectivity index (χ1) is 7.25. The summed E-state index contributed by atoms with van der Waals surface area (Å²) in [5.41, 5.74) is 1.71. The number of halogens is 2. The fourth-order valence-corrected chi connectivity index (χ4v) is 2.56. The van der Waals surface area contributed by atoms with Crippen LogP contribution in [-0.2, 0) is 0 Å². The molecule has 1 atom stereocenters. The summed E-state index contributed by atoms with van der Waals surface area (Å²) < 4.78 is 5.74. The van der Waals surface area contributed by atoms with E-state index < -0.39 is 0 Å². The van der Waals surface area contributed by atoms with E-state index in [1.807, 2.05) is 18.2 Å². The molecule has 1 aliphatic carbocycles. The Kier molecular flexibility index (Phi) is 2.15. The predicted molar refractivity (Wildman–Crippen MR) is 66.7 cm³/mol. The van der Waals surface area contributed by atoms with Crippen molar-refractivity contribution in [3.05, 3.63) is 33.9 Å². The van der Waals surface area contributed by atoms with Crippen LogP contribution < -0.4 is 10.6 Å². The highest BCUT2D eigenvalue weighted by Crippen LogP contribution is 2.21. The van der Waals surface area contributed by atoms with Crippen LogP contribution in [0.1, 0.15) is 6.42 Å². The molecule has 2 aromatic rings. The molecule has 0 N–H and O–H groups in total. The zero-order valence-corrected chi connectivity index (χ0v) is 10.2. The molecule has 0 fully saturated rings. The van der Waals surface area contributed by atoms with Crippen LogP contribution in [0.4, 0.5) is 0 Å². The number of hydrogen-bond donors (Lipinski definition) is 0. The summed E-state index contributed by atoms with van der Waals surface area (Å²) in [4.78, 5) is 0.365. The maximum absolute atomic E-state index is 6.08. The number of para-hydroxylation sites is 1. The minimum absolute atomic E-state index is 0.365. The summed E-state index contributed by atoms with van der Waals surface area (Å²) in [5.74, 6) is 0. The molecule has 0 radical (unpaired) electrons. The van der Waals surface area contributed by atoms with Crippen LogP contribution in [0.15, 0.2) is 22.6 Å². The van der Waals surface area contributed by atoms with Gasteiger partial charge in [0, 0.05) is 15.4 Å². The van der Waals surface area contributed by atoms with Gasteiger partial charge in [0.25, 0.3) is 0 Å². The highest BCUT2D eigenvalue weighted by molar-refractivity contribution is 9.09. The lowest BCUT2D eigenvalue weighted by Crippen LogP contribution is -2.25. The van der Waals surface area contributed by atoms with E-state index in [0.29, 0.717) is 9.85 Å². The quantitative estimate of drug-likeness (QED) is 0.678. The van der Waals surface area contributed by atoms with Gasteiger partial charge in [0.05, 0.1) is 5.02 Å². The maximum Gasteiger partial charge on any atom is 0.153 e. The molecule has 0 amide bonds. The first-order valence-corrected chi connectivity index (χ1v) is 6.08. The van der Waals surface area contributed by atoms with Gasteiger partial charge in [-0.05, 0) is 18.6 Å². The zero-order valence-electron chi connectivity index (χ0n) is 7.84. The molecule has 0 bridgehead atoms. The van der Waals surface area contributed by atoms with Crippen molar-refractivity contribution in [1.29, 1.82) is 0 Å². The van der Waals surface area contributed by atoms with Crippen LogP contribution in [0, 0.1) is 0 Å². The van der Waals surface area contributed by atoms with Gasteiger partial charge in [0.2, 0.25) is 0 Å². The van der Waals surface area contributed by atoms with Crippen LogP contribution in [-0.4, -0.2) is 4.83 Å². The zero-order chi connectivity index (χ0) is 10.4. The number of furan rings is 1. The molecular formula is C12H8BrClO. The van der Waals surface area contributed by atoms with Gasteiger partial charge in [-0.25, -0.2) is 0 Å². The first kappa shape index (κ1) is 9.49. The minimum Gasteiger partial charge on any atom is -0.455 e. The highest BCUT2D eigenvalue weighted by atomic mass is 79.9. The van der Waals surface area contributed by atoms with Crippen LogP contribution >= 0.6 is 27.5 Å². The van der Waals surface area contributed by atoms with Gasteiger partial charge >= 0.3 is 0 Å². The molecule has 76 valence electrons. The number of rotatable bonds is 0. The molecule has 1 unspecified atom stereocenters. The molecule has 1 aromatic carbocycles. The molecule has 3 rings (SSSR count). The van der Waals surface area contributed by atoms with Crippen molar-refractivity contribution < 1.29 is 4.42 Å². The Labute approximate surface area is 100 Å². The van der Waals surface area contributed by atoms with E-state index >= 15 is 0 Å². The van der Waals surface area contributed by atoms with Gasteiger partial charge in [-0.3, -0.25) is 0 Å².